The van der Waals surface area contributed by atoms with E-state index in [1.54, 1.807) is 6.07 Å². The molecule has 0 bridgehead atoms. The van der Waals surface area contributed by atoms with E-state index in [4.69, 9.17) is 5.73 Å². The molecule has 0 amide bonds. The molecular formula is C15H22BrFN2. The third kappa shape index (κ3) is 3.36. The van der Waals surface area contributed by atoms with Gasteiger partial charge in [0.05, 0.1) is 0 Å². The smallest absolute Gasteiger partial charge is 0.128 e. The Balaban J connectivity index is 2.25. The Hall–Kier alpha value is -0.450. The molecule has 0 saturated carbocycles. The third-order valence-electron chi connectivity index (χ3n) is 4.10. The van der Waals surface area contributed by atoms with Crippen molar-refractivity contribution in [3.63, 3.8) is 0 Å². The van der Waals surface area contributed by atoms with Gasteiger partial charge in [-0.15, -0.1) is 0 Å². The van der Waals surface area contributed by atoms with E-state index in [9.17, 15) is 4.39 Å². The highest BCUT2D eigenvalue weighted by Gasteiger charge is 2.30. The molecule has 3 atom stereocenters. The molecule has 0 spiro atoms. The largest absolute Gasteiger partial charge is 0.327 e. The topological polar surface area (TPSA) is 29.3 Å². The number of benzene rings is 1. The van der Waals surface area contributed by atoms with E-state index in [-0.39, 0.29) is 17.9 Å². The number of hydrogen-bond donors (Lipinski definition) is 1. The van der Waals surface area contributed by atoms with Crippen LogP contribution in [-0.4, -0.2) is 23.5 Å². The molecule has 0 aliphatic carbocycles. The van der Waals surface area contributed by atoms with Crippen LogP contribution in [0, 0.1) is 5.82 Å². The molecule has 1 aliphatic heterocycles. The molecule has 1 fully saturated rings. The highest BCUT2D eigenvalue weighted by molar-refractivity contribution is 9.10. The first kappa shape index (κ1) is 14.9. The van der Waals surface area contributed by atoms with Crippen LogP contribution in [0.3, 0.4) is 0 Å². The maximum Gasteiger partial charge on any atom is 0.128 e. The lowest BCUT2D eigenvalue weighted by molar-refractivity contribution is 0.0873. The summed E-state index contributed by atoms with van der Waals surface area (Å²) in [5.74, 6) is -0.135. The summed E-state index contributed by atoms with van der Waals surface area (Å²) in [5, 5.41) is 0. The van der Waals surface area contributed by atoms with E-state index in [2.05, 4.69) is 27.8 Å². The number of nitrogens with two attached hydrogens (primary N) is 1. The van der Waals surface area contributed by atoms with Gasteiger partial charge >= 0.3 is 0 Å². The van der Waals surface area contributed by atoms with Gasteiger partial charge in [-0.05, 0) is 51.4 Å². The van der Waals surface area contributed by atoms with Gasteiger partial charge in [-0.2, -0.15) is 0 Å². The van der Waals surface area contributed by atoms with Crippen LogP contribution in [0.15, 0.2) is 22.7 Å². The van der Waals surface area contributed by atoms with Gasteiger partial charge in [0.1, 0.15) is 5.82 Å². The van der Waals surface area contributed by atoms with Crippen molar-refractivity contribution in [2.75, 3.05) is 6.54 Å². The summed E-state index contributed by atoms with van der Waals surface area (Å²) in [6, 6.07) is 5.69. The van der Waals surface area contributed by atoms with Crippen LogP contribution in [0.25, 0.3) is 0 Å². The molecule has 106 valence electrons. The van der Waals surface area contributed by atoms with Crippen LogP contribution in [0.2, 0.25) is 0 Å². The first-order chi connectivity index (χ1) is 9.00. The molecule has 1 aliphatic rings. The summed E-state index contributed by atoms with van der Waals surface area (Å²) < 4.78 is 14.9. The van der Waals surface area contributed by atoms with Gasteiger partial charge in [-0.25, -0.2) is 4.39 Å². The first-order valence-electron chi connectivity index (χ1n) is 6.97. The van der Waals surface area contributed by atoms with Gasteiger partial charge in [0.2, 0.25) is 0 Å². The molecule has 0 radical (unpaired) electrons. The molecule has 19 heavy (non-hydrogen) atoms. The molecule has 2 N–H and O–H groups in total. The molecule has 1 aromatic rings. The van der Waals surface area contributed by atoms with Crippen LogP contribution in [-0.2, 0) is 0 Å². The van der Waals surface area contributed by atoms with E-state index in [0.29, 0.717) is 6.04 Å². The van der Waals surface area contributed by atoms with Crippen LogP contribution >= 0.6 is 15.9 Å². The number of hydrogen-bond acceptors (Lipinski definition) is 2. The average Bonchev–Trinajstić information content (AvgIpc) is 2.40. The second kappa shape index (κ2) is 6.33. The fourth-order valence-corrected chi connectivity index (χ4v) is 3.42. The van der Waals surface area contributed by atoms with Gasteiger partial charge < -0.3 is 5.73 Å². The zero-order valence-corrected chi connectivity index (χ0v) is 13.2. The molecule has 1 aromatic carbocycles. The van der Waals surface area contributed by atoms with Crippen LogP contribution in [0.4, 0.5) is 4.39 Å². The lowest BCUT2D eigenvalue weighted by atomic mass is 9.93. The molecule has 2 rings (SSSR count). The summed E-state index contributed by atoms with van der Waals surface area (Å²) >= 11 is 3.42. The second-order valence-corrected chi connectivity index (χ2v) is 6.42. The minimum atomic E-state index is -0.135. The highest BCUT2D eigenvalue weighted by Crippen LogP contribution is 2.32. The van der Waals surface area contributed by atoms with Crippen molar-refractivity contribution in [1.82, 2.24) is 4.90 Å². The fraction of sp³-hybridized carbons (Fsp3) is 0.600. The lowest BCUT2D eigenvalue weighted by Crippen LogP contribution is -2.50. The maximum atomic E-state index is 14.0. The molecule has 0 aromatic heterocycles. The number of halogens is 2. The van der Waals surface area contributed by atoms with Crippen molar-refractivity contribution < 1.29 is 4.39 Å². The first-order valence-corrected chi connectivity index (χ1v) is 7.76. The fourth-order valence-electron chi connectivity index (χ4n) is 3.04. The van der Waals surface area contributed by atoms with E-state index >= 15 is 0 Å². The lowest BCUT2D eigenvalue weighted by Gasteiger charge is -2.42. The summed E-state index contributed by atoms with van der Waals surface area (Å²) in [7, 11) is 0. The summed E-state index contributed by atoms with van der Waals surface area (Å²) in [5.41, 5.74) is 6.85. The summed E-state index contributed by atoms with van der Waals surface area (Å²) in [6.45, 7) is 5.12. The predicted octanol–water partition coefficient (Wildman–Crippen LogP) is 3.85. The Morgan fingerprint density at radius 1 is 1.37 bits per heavy atom. The van der Waals surface area contributed by atoms with Crippen molar-refractivity contribution in [3.05, 3.63) is 34.1 Å². The number of likely N-dealkylation sites (tertiary alicyclic amines) is 1. The van der Waals surface area contributed by atoms with Crippen molar-refractivity contribution in [1.29, 1.82) is 0 Å². The molecule has 4 heteroatoms. The molecule has 2 nitrogen and oxygen atoms in total. The van der Waals surface area contributed by atoms with E-state index in [0.717, 1.165) is 23.0 Å². The summed E-state index contributed by atoms with van der Waals surface area (Å²) in [4.78, 5) is 2.36. The molecular weight excluding hydrogens is 307 g/mol. The summed E-state index contributed by atoms with van der Waals surface area (Å²) in [6.07, 6.45) is 3.50. The van der Waals surface area contributed by atoms with Gasteiger partial charge in [0, 0.05) is 28.2 Å². The Bertz CT molecular complexity index is 436. The minimum absolute atomic E-state index is 0.0637. The number of piperidine rings is 1. The number of rotatable bonds is 3. The standard InChI is InChI=1S/C15H22BrFN2/c1-10(18)15-5-3-4-8-19(15)11(2)13-9-12(16)6-7-14(13)17/h6-7,9-11,15H,3-5,8,18H2,1-2H3. The van der Waals surface area contributed by atoms with Gasteiger partial charge in [0.15, 0.2) is 0 Å². The zero-order chi connectivity index (χ0) is 14.0. The van der Waals surface area contributed by atoms with Crippen molar-refractivity contribution in [3.8, 4) is 0 Å². The zero-order valence-electron chi connectivity index (χ0n) is 11.6. The van der Waals surface area contributed by atoms with E-state index in [1.807, 2.05) is 13.0 Å². The Labute approximate surface area is 123 Å². The normalized spacial score (nSPS) is 24.2. The molecule has 1 heterocycles. The van der Waals surface area contributed by atoms with Crippen LogP contribution in [0.1, 0.15) is 44.7 Å². The van der Waals surface area contributed by atoms with Crippen molar-refractivity contribution in [2.45, 2.75) is 51.2 Å². The Kier molecular flexibility index (Phi) is 4.98. The Morgan fingerprint density at radius 2 is 2.11 bits per heavy atom. The minimum Gasteiger partial charge on any atom is -0.327 e. The van der Waals surface area contributed by atoms with Crippen molar-refractivity contribution in [2.24, 2.45) is 5.73 Å². The Morgan fingerprint density at radius 3 is 2.79 bits per heavy atom. The van der Waals surface area contributed by atoms with Crippen LogP contribution in [0.5, 0.6) is 0 Å². The molecule has 1 saturated heterocycles. The van der Waals surface area contributed by atoms with E-state index in [1.165, 1.54) is 18.9 Å². The van der Waals surface area contributed by atoms with Gasteiger partial charge in [0.25, 0.3) is 0 Å². The monoisotopic (exact) mass is 328 g/mol. The van der Waals surface area contributed by atoms with Crippen LogP contribution < -0.4 is 5.73 Å². The number of nitrogens with zero attached hydrogens (tertiary/aromatic N) is 1. The van der Waals surface area contributed by atoms with Crippen molar-refractivity contribution >= 4 is 15.9 Å². The molecule has 3 unspecified atom stereocenters. The van der Waals surface area contributed by atoms with Gasteiger partial charge in [-0.3, -0.25) is 4.90 Å². The van der Waals surface area contributed by atoms with E-state index < -0.39 is 0 Å². The van der Waals surface area contributed by atoms with Gasteiger partial charge in [-0.1, -0.05) is 22.4 Å². The average molecular weight is 329 g/mol. The highest BCUT2D eigenvalue weighted by atomic mass is 79.9. The predicted molar refractivity (Wildman–Crippen MR) is 80.5 cm³/mol. The maximum absolute atomic E-state index is 14.0. The second-order valence-electron chi connectivity index (χ2n) is 5.50. The quantitative estimate of drug-likeness (QED) is 0.913. The third-order valence-corrected chi connectivity index (χ3v) is 4.60. The SMILES string of the molecule is CC(N)C1CCCCN1C(C)c1cc(Br)ccc1F.